The summed E-state index contributed by atoms with van der Waals surface area (Å²) in [6.07, 6.45) is 3.01. The van der Waals surface area contributed by atoms with Gasteiger partial charge in [0.1, 0.15) is 0 Å². The van der Waals surface area contributed by atoms with Crippen LogP contribution in [0.3, 0.4) is 0 Å². The van der Waals surface area contributed by atoms with E-state index >= 15 is 0 Å². The van der Waals surface area contributed by atoms with Gasteiger partial charge in [-0.2, -0.15) is 5.26 Å². The molecule has 0 aliphatic heterocycles. The number of rotatable bonds is 6. The lowest BCUT2D eigenvalue weighted by Gasteiger charge is -2.29. The topological polar surface area (TPSA) is 53.0 Å². The van der Waals surface area contributed by atoms with Crippen molar-refractivity contribution in [1.82, 2.24) is 4.90 Å². The van der Waals surface area contributed by atoms with Crippen molar-refractivity contribution in [3.05, 3.63) is 21.3 Å². The van der Waals surface area contributed by atoms with Crippen LogP contribution in [0.4, 0.5) is 0 Å². The molecule has 1 fully saturated rings. The summed E-state index contributed by atoms with van der Waals surface area (Å²) < 4.78 is 0.800. The van der Waals surface area contributed by atoms with E-state index in [0.29, 0.717) is 19.0 Å². The summed E-state index contributed by atoms with van der Waals surface area (Å²) in [5, 5.41) is 8.72. The van der Waals surface area contributed by atoms with Gasteiger partial charge in [-0.15, -0.1) is 11.3 Å². The molecule has 3 nitrogen and oxygen atoms in total. The van der Waals surface area contributed by atoms with Crippen LogP contribution in [0.15, 0.2) is 12.1 Å². The van der Waals surface area contributed by atoms with E-state index < -0.39 is 0 Å². The molecule has 92 valence electrons. The fourth-order valence-corrected chi connectivity index (χ4v) is 3.30. The highest BCUT2D eigenvalue weighted by atomic mass is 35.5. The Bertz CT molecular complexity index is 408. The second-order valence-electron chi connectivity index (χ2n) is 4.27. The summed E-state index contributed by atoms with van der Waals surface area (Å²) in [5.41, 5.74) is 5.89. The molecule has 0 radical (unpaired) electrons. The van der Waals surface area contributed by atoms with Gasteiger partial charge in [0.15, 0.2) is 0 Å². The van der Waals surface area contributed by atoms with Crippen molar-refractivity contribution >= 4 is 22.9 Å². The Morgan fingerprint density at radius 1 is 1.59 bits per heavy atom. The van der Waals surface area contributed by atoms with Crippen molar-refractivity contribution in [3.63, 3.8) is 0 Å². The Labute approximate surface area is 111 Å². The number of hydrogen-bond acceptors (Lipinski definition) is 4. The van der Waals surface area contributed by atoms with E-state index in [9.17, 15) is 0 Å². The molecule has 1 heterocycles. The first-order valence-corrected chi connectivity index (χ1v) is 7.03. The molecule has 2 rings (SSSR count). The van der Waals surface area contributed by atoms with Gasteiger partial charge in [0.2, 0.25) is 0 Å². The molecular weight excluding hydrogens is 254 g/mol. The number of nitrogens with zero attached hydrogens (tertiary/aromatic N) is 2. The zero-order chi connectivity index (χ0) is 12.3. The standard InChI is InChI=1S/C12H16ClN3S/c13-12-5-4-11(17-12)10(8-15)16(7-1-6-14)9-2-3-9/h4-5,9-10H,1-3,7-8,15H2. The average Bonchev–Trinajstić information content (AvgIpc) is 3.08. The molecule has 1 aromatic rings. The molecule has 1 unspecified atom stereocenters. The number of halogens is 1. The zero-order valence-corrected chi connectivity index (χ0v) is 11.2. The quantitative estimate of drug-likeness (QED) is 0.864. The van der Waals surface area contributed by atoms with Gasteiger partial charge in [-0.3, -0.25) is 4.90 Å². The first kappa shape index (κ1) is 12.8. The van der Waals surface area contributed by atoms with Crippen LogP contribution in [-0.4, -0.2) is 24.0 Å². The molecule has 1 saturated carbocycles. The minimum Gasteiger partial charge on any atom is -0.329 e. The Balaban J connectivity index is 2.11. The first-order valence-electron chi connectivity index (χ1n) is 5.84. The molecule has 0 amide bonds. The van der Waals surface area contributed by atoms with E-state index in [2.05, 4.69) is 11.0 Å². The Morgan fingerprint density at radius 2 is 2.35 bits per heavy atom. The monoisotopic (exact) mass is 269 g/mol. The summed E-state index contributed by atoms with van der Waals surface area (Å²) in [6.45, 7) is 1.39. The SMILES string of the molecule is N#CCCN(C1CC1)C(CN)c1ccc(Cl)s1. The van der Waals surface area contributed by atoms with E-state index in [1.54, 1.807) is 11.3 Å². The van der Waals surface area contributed by atoms with Crippen molar-refractivity contribution in [2.75, 3.05) is 13.1 Å². The molecule has 1 aliphatic rings. The maximum atomic E-state index is 8.72. The Morgan fingerprint density at radius 3 is 2.82 bits per heavy atom. The minimum atomic E-state index is 0.216. The van der Waals surface area contributed by atoms with Crippen LogP contribution in [0.25, 0.3) is 0 Å². The molecule has 1 atom stereocenters. The molecule has 5 heteroatoms. The highest BCUT2D eigenvalue weighted by molar-refractivity contribution is 7.16. The smallest absolute Gasteiger partial charge is 0.0931 e. The first-order chi connectivity index (χ1) is 8.26. The third-order valence-electron chi connectivity index (χ3n) is 3.04. The second-order valence-corrected chi connectivity index (χ2v) is 6.02. The third kappa shape index (κ3) is 3.20. The average molecular weight is 270 g/mol. The van der Waals surface area contributed by atoms with Gasteiger partial charge in [0.25, 0.3) is 0 Å². The Kier molecular flexibility index (Phi) is 4.41. The van der Waals surface area contributed by atoms with Crippen molar-refractivity contribution < 1.29 is 0 Å². The maximum Gasteiger partial charge on any atom is 0.0931 e. The molecule has 0 saturated heterocycles. The predicted molar refractivity (Wildman–Crippen MR) is 71.1 cm³/mol. The fraction of sp³-hybridized carbons (Fsp3) is 0.583. The lowest BCUT2D eigenvalue weighted by molar-refractivity contribution is 0.198. The van der Waals surface area contributed by atoms with Gasteiger partial charge >= 0.3 is 0 Å². The van der Waals surface area contributed by atoms with Crippen molar-refractivity contribution in [2.45, 2.75) is 31.3 Å². The summed E-state index contributed by atoms with van der Waals surface area (Å²) in [4.78, 5) is 3.58. The Hall–Kier alpha value is -0.600. The fourth-order valence-electron chi connectivity index (χ4n) is 2.10. The summed E-state index contributed by atoms with van der Waals surface area (Å²) in [5.74, 6) is 0. The van der Waals surface area contributed by atoms with Crippen LogP contribution in [0, 0.1) is 11.3 Å². The van der Waals surface area contributed by atoms with Gasteiger partial charge in [-0.25, -0.2) is 0 Å². The lowest BCUT2D eigenvalue weighted by Crippen LogP contribution is -2.35. The van der Waals surface area contributed by atoms with Gasteiger partial charge in [-0.05, 0) is 25.0 Å². The number of hydrogen-bond donors (Lipinski definition) is 1. The maximum absolute atomic E-state index is 8.72. The molecule has 0 spiro atoms. The molecule has 1 aliphatic carbocycles. The van der Waals surface area contributed by atoms with Crippen LogP contribution in [0.1, 0.15) is 30.2 Å². The molecule has 2 N–H and O–H groups in total. The molecule has 0 aromatic carbocycles. The van der Waals surface area contributed by atoms with Crippen LogP contribution < -0.4 is 5.73 Å². The zero-order valence-electron chi connectivity index (χ0n) is 9.60. The van der Waals surface area contributed by atoms with E-state index in [0.717, 1.165) is 10.9 Å². The van der Waals surface area contributed by atoms with E-state index in [1.165, 1.54) is 17.7 Å². The largest absolute Gasteiger partial charge is 0.329 e. The van der Waals surface area contributed by atoms with Crippen molar-refractivity contribution in [3.8, 4) is 6.07 Å². The summed E-state index contributed by atoms with van der Waals surface area (Å²) in [7, 11) is 0. The van der Waals surface area contributed by atoms with Gasteiger partial charge in [0.05, 0.1) is 16.4 Å². The van der Waals surface area contributed by atoms with Crippen molar-refractivity contribution in [2.24, 2.45) is 5.73 Å². The molecule has 17 heavy (non-hydrogen) atoms. The van der Waals surface area contributed by atoms with Gasteiger partial charge in [0, 0.05) is 30.4 Å². The van der Waals surface area contributed by atoms with Gasteiger partial charge < -0.3 is 5.73 Å². The van der Waals surface area contributed by atoms with E-state index in [4.69, 9.17) is 22.6 Å². The number of nitrogens with two attached hydrogens (primary N) is 1. The number of nitriles is 1. The third-order valence-corrected chi connectivity index (χ3v) is 4.38. The highest BCUT2D eigenvalue weighted by Gasteiger charge is 2.34. The predicted octanol–water partition coefficient (Wildman–Crippen LogP) is 2.78. The molecule has 1 aromatic heterocycles. The second kappa shape index (κ2) is 5.83. The summed E-state index contributed by atoms with van der Waals surface area (Å²) in [6, 6.07) is 7.00. The molecular formula is C12H16ClN3S. The summed E-state index contributed by atoms with van der Waals surface area (Å²) >= 11 is 7.56. The van der Waals surface area contributed by atoms with Crippen LogP contribution >= 0.6 is 22.9 Å². The normalized spacial score (nSPS) is 17.1. The van der Waals surface area contributed by atoms with Crippen molar-refractivity contribution in [1.29, 1.82) is 5.26 Å². The molecule has 0 bridgehead atoms. The van der Waals surface area contributed by atoms with Crippen LogP contribution in [0.5, 0.6) is 0 Å². The minimum absolute atomic E-state index is 0.216. The van der Waals surface area contributed by atoms with Gasteiger partial charge in [-0.1, -0.05) is 11.6 Å². The van der Waals surface area contributed by atoms with E-state index in [1.807, 2.05) is 12.1 Å². The lowest BCUT2D eigenvalue weighted by atomic mass is 10.2. The van der Waals surface area contributed by atoms with Crippen LogP contribution in [-0.2, 0) is 0 Å². The highest BCUT2D eigenvalue weighted by Crippen LogP contribution is 2.37. The van der Waals surface area contributed by atoms with E-state index in [-0.39, 0.29) is 6.04 Å². The number of thiophene rings is 1. The van der Waals surface area contributed by atoms with Crippen LogP contribution in [0.2, 0.25) is 4.34 Å².